The lowest BCUT2D eigenvalue weighted by Gasteiger charge is -2.38. The minimum atomic E-state index is -0.700. The van der Waals surface area contributed by atoms with Crippen LogP contribution in [0.3, 0.4) is 0 Å². The smallest absolute Gasteiger partial charge is 0.182 e. The summed E-state index contributed by atoms with van der Waals surface area (Å²) in [4.78, 5) is 5.39. The van der Waals surface area contributed by atoms with Crippen LogP contribution >= 0.6 is 15.9 Å². The van der Waals surface area contributed by atoms with Gasteiger partial charge in [-0.15, -0.1) is 0 Å². The van der Waals surface area contributed by atoms with Gasteiger partial charge in [-0.3, -0.25) is 0 Å². The van der Waals surface area contributed by atoms with Gasteiger partial charge in [0.15, 0.2) is 5.66 Å². The van der Waals surface area contributed by atoms with E-state index < -0.39 is 5.66 Å². The molecule has 0 atom stereocenters. The van der Waals surface area contributed by atoms with Crippen LogP contribution in [0.1, 0.15) is 22.3 Å². The van der Waals surface area contributed by atoms with Crippen molar-refractivity contribution in [2.45, 2.75) is 5.66 Å². The number of nitrogens with one attached hydrogen (secondary N) is 1. The number of hydrogen-bond acceptors (Lipinski definition) is 2. The highest BCUT2D eigenvalue weighted by Gasteiger charge is 2.38. The second kappa shape index (κ2) is 7.34. The number of nitrogens with zero attached hydrogens (tertiary/aromatic N) is 1. The van der Waals surface area contributed by atoms with Gasteiger partial charge in [-0.25, -0.2) is 4.99 Å². The molecule has 0 aliphatic carbocycles. The highest BCUT2D eigenvalue weighted by atomic mass is 79.9. The molecule has 0 saturated heterocycles. The van der Waals surface area contributed by atoms with Crippen LogP contribution in [0, 0.1) is 0 Å². The van der Waals surface area contributed by atoms with Crippen LogP contribution < -0.4 is 5.32 Å². The summed E-state index contributed by atoms with van der Waals surface area (Å²) >= 11 is 3.63. The van der Waals surface area contributed by atoms with Crippen molar-refractivity contribution >= 4 is 27.3 Å². The summed E-state index contributed by atoms with van der Waals surface area (Å²) in [5, 5.41) is 3.76. The van der Waals surface area contributed by atoms with Gasteiger partial charge in [-0.05, 0) is 18.2 Å². The summed E-state index contributed by atoms with van der Waals surface area (Å²) in [7, 11) is 0. The first-order chi connectivity index (χ1) is 14.3. The van der Waals surface area contributed by atoms with E-state index in [0.29, 0.717) is 0 Å². The van der Waals surface area contributed by atoms with Crippen LogP contribution in [-0.2, 0) is 5.66 Å². The van der Waals surface area contributed by atoms with Crippen molar-refractivity contribution < 1.29 is 0 Å². The van der Waals surface area contributed by atoms with Gasteiger partial charge in [0, 0.05) is 32.4 Å². The number of hydrogen-bond donors (Lipinski definition) is 1. The molecule has 1 N–H and O–H groups in total. The van der Waals surface area contributed by atoms with Crippen molar-refractivity contribution in [2.75, 3.05) is 5.32 Å². The number of aliphatic imine (C=N–C) groups is 1. The van der Waals surface area contributed by atoms with Gasteiger partial charge in [0.1, 0.15) is 0 Å². The number of fused-ring (bicyclic) bond motifs is 1. The second-order valence-corrected chi connectivity index (χ2v) is 8.00. The molecule has 0 amide bonds. The topological polar surface area (TPSA) is 24.4 Å². The standard InChI is InChI=1S/C26H19BrN2/c27-22-16-17-24-23(18-22)25(19-10-4-1-5-11-19)29-26(28-24,20-12-6-2-7-13-20)21-14-8-3-9-15-21/h1-18,28H. The molecule has 0 unspecified atom stereocenters. The van der Waals surface area contributed by atoms with E-state index in [1.165, 1.54) is 0 Å². The Balaban J connectivity index is 1.84. The third-order valence-electron chi connectivity index (χ3n) is 5.26. The average molecular weight is 439 g/mol. The van der Waals surface area contributed by atoms with E-state index in [0.717, 1.165) is 38.1 Å². The van der Waals surface area contributed by atoms with Crippen molar-refractivity contribution in [3.8, 4) is 0 Å². The maximum atomic E-state index is 5.39. The van der Waals surface area contributed by atoms with Gasteiger partial charge in [0.05, 0.1) is 5.71 Å². The molecule has 0 aromatic heterocycles. The SMILES string of the molecule is Brc1ccc2c(c1)C(c1ccccc1)=NC(c1ccccc1)(c1ccccc1)N2. The maximum Gasteiger partial charge on any atom is 0.182 e. The van der Waals surface area contributed by atoms with E-state index in [1.807, 2.05) is 18.2 Å². The number of rotatable bonds is 3. The van der Waals surface area contributed by atoms with Crippen molar-refractivity contribution in [3.63, 3.8) is 0 Å². The third-order valence-corrected chi connectivity index (χ3v) is 5.76. The van der Waals surface area contributed by atoms with E-state index >= 15 is 0 Å². The Morgan fingerprint density at radius 2 is 1.21 bits per heavy atom. The van der Waals surface area contributed by atoms with Gasteiger partial charge in [0.25, 0.3) is 0 Å². The fourth-order valence-corrected chi connectivity index (χ4v) is 4.25. The average Bonchev–Trinajstić information content (AvgIpc) is 2.80. The van der Waals surface area contributed by atoms with Gasteiger partial charge in [-0.1, -0.05) is 107 Å². The van der Waals surface area contributed by atoms with Crippen LogP contribution in [0.25, 0.3) is 0 Å². The van der Waals surface area contributed by atoms with Gasteiger partial charge in [-0.2, -0.15) is 0 Å². The van der Waals surface area contributed by atoms with E-state index in [4.69, 9.17) is 4.99 Å². The Morgan fingerprint density at radius 3 is 1.79 bits per heavy atom. The lowest BCUT2D eigenvalue weighted by molar-refractivity contribution is 0.620. The van der Waals surface area contributed by atoms with Crippen LogP contribution in [0.15, 0.2) is 119 Å². The van der Waals surface area contributed by atoms with Crippen molar-refractivity contribution in [1.29, 1.82) is 0 Å². The molecule has 0 bridgehead atoms. The summed E-state index contributed by atoms with van der Waals surface area (Å²) in [6.45, 7) is 0. The van der Waals surface area contributed by atoms with E-state index in [9.17, 15) is 0 Å². The minimum absolute atomic E-state index is 0.700. The second-order valence-electron chi connectivity index (χ2n) is 7.08. The molecule has 1 heterocycles. The van der Waals surface area contributed by atoms with Crippen LogP contribution in [0.4, 0.5) is 5.69 Å². The van der Waals surface area contributed by atoms with Crippen LogP contribution in [-0.4, -0.2) is 5.71 Å². The zero-order valence-electron chi connectivity index (χ0n) is 15.7. The van der Waals surface area contributed by atoms with E-state index in [-0.39, 0.29) is 0 Å². The molecule has 140 valence electrons. The third kappa shape index (κ3) is 3.18. The summed E-state index contributed by atoms with van der Waals surface area (Å²) in [5.41, 5.74) is 5.75. The zero-order valence-corrected chi connectivity index (χ0v) is 17.3. The molecular formula is C26H19BrN2. The van der Waals surface area contributed by atoms with Crippen molar-refractivity contribution in [3.05, 3.63) is 136 Å². The normalized spacial score (nSPS) is 14.4. The molecule has 29 heavy (non-hydrogen) atoms. The maximum absolute atomic E-state index is 5.39. The molecular weight excluding hydrogens is 420 g/mol. The lowest BCUT2D eigenvalue weighted by atomic mass is 9.87. The Hall–Kier alpha value is -3.17. The first kappa shape index (κ1) is 17.9. The van der Waals surface area contributed by atoms with Crippen molar-refractivity contribution in [2.24, 2.45) is 4.99 Å². The van der Waals surface area contributed by atoms with Crippen molar-refractivity contribution in [1.82, 2.24) is 0 Å². The predicted molar refractivity (Wildman–Crippen MR) is 124 cm³/mol. The molecule has 0 saturated carbocycles. The summed E-state index contributed by atoms with van der Waals surface area (Å²) in [6, 6.07) is 37.6. The molecule has 0 radical (unpaired) electrons. The Labute approximate surface area is 179 Å². The fourth-order valence-electron chi connectivity index (χ4n) is 3.89. The largest absolute Gasteiger partial charge is 0.353 e. The molecule has 0 spiro atoms. The summed E-state index contributed by atoms with van der Waals surface area (Å²) < 4.78 is 1.04. The monoisotopic (exact) mass is 438 g/mol. The van der Waals surface area contributed by atoms with E-state index in [2.05, 4.69) is 112 Å². The number of anilines is 1. The summed E-state index contributed by atoms with van der Waals surface area (Å²) in [5.74, 6) is 0. The molecule has 1 aliphatic rings. The van der Waals surface area contributed by atoms with E-state index in [1.54, 1.807) is 0 Å². The molecule has 2 nitrogen and oxygen atoms in total. The Morgan fingerprint density at radius 1 is 0.655 bits per heavy atom. The van der Waals surface area contributed by atoms with Crippen LogP contribution in [0.5, 0.6) is 0 Å². The fraction of sp³-hybridized carbons (Fsp3) is 0.0385. The Bertz CT molecular complexity index is 1130. The first-order valence-corrected chi connectivity index (χ1v) is 10.4. The number of benzene rings is 4. The highest BCUT2D eigenvalue weighted by molar-refractivity contribution is 9.10. The molecule has 0 fully saturated rings. The predicted octanol–water partition coefficient (Wildman–Crippen LogP) is 6.61. The summed E-state index contributed by atoms with van der Waals surface area (Å²) in [6.07, 6.45) is 0. The Kier molecular flexibility index (Phi) is 4.53. The minimum Gasteiger partial charge on any atom is -0.353 e. The quantitative estimate of drug-likeness (QED) is 0.382. The van der Waals surface area contributed by atoms with Gasteiger partial charge >= 0.3 is 0 Å². The van der Waals surface area contributed by atoms with Gasteiger partial charge in [0.2, 0.25) is 0 Å². The highest BCUT2D eigenvalue weighted by Crippen LogP contribution is 2.41. The van der Waals surface area contributed by atoms with Gasteiger partial charge < -0.3 is 5.32 Å². The molecule has 3 heteroatoms. The first-order valence-electron chi connectivity index (χ1n) is 9.61. The molecule has 1 aliphatic heterocycles. The zero-order chi connectivity index (χ0) is 19.7. The number of halogens is 1. The molecule has 4 aromatic carbocycles. The lowest BCUT2D eigenvalue weighted by Crippen LogP contribution is -2.39. The molecule has 4 aromatic rings. The van der Waals surface area contributed by atoms with Crippen LogP contribution in [0.2, 0.25) is 0 Å². The molecule has 5 rings (SSSR count).